The maximum atomic E-state index is 11.8. The second-order valence-corrected chi connectivity index (χ2v) is 5.22. The van der Waals surface area contributed by atoms with Crippen LogP contribution >= 0.6 is 0 Å². The van der Waals surface area contributed by atoms with Gasteiger partial charge in [-0.1, -0.05) is 43.9 Å². The van der Waals surface area contributed by atoms with Crippen LogP contribution in [-0.2, 0) is 0 Å². The van der Waals surface area contributed by atoms with E-state index in [9.17, 15) is 4.79 Å². The molecule has 106 valence electrons. The summed E-state index contributed by atoms with van der Waals surface area (Å²) in [4.78, 5) is 11.8. The Bertz CT molecular complexity index is 404. The SMILES string of the molecule is CCCCCCNC(=O)Nc1c(C)cc(C)cc1C. The van der Waals surface area contributed by atoms with Gasteiger partial charge in [-0.25, -0.2) is 4.79 Å². The van der Waals surface area contributed by atoms with Crippen LogP contribution in [0, 0.1) is 20.8 Å². The number of urea groups is 1. The number of amides is 2. The third-order valence-electron chi connectivity index (χ3n) is 3.23. The molecule has 0 atom stereocenters. The van der Waals surface area contributed by atoms with Gasteiger partial charge in [0.15, 0.2) is 0 Å². The molecule has 1 rings (SSSR count). The quantitative estimate of drug-likeness (QED) is 0.737. The molecule has 0 aliphatic rings. The number of hydrogen-bond acceptors (Lipinski definition) is 1. The molecule has 0 aliphatic heterocycles. The summed E-state index contributed by atoms with van der Waals surface area (Å²) < 4.78 is 0. The molecular formula is C16H26N2O. The molecule has 2 amide bonds. The molecule has 0 spiro atoms. The van der Waals surface area contributed by atoms with Crippen molar-refractivity contribution in [2.45, 2.75) is 53.4 Å². The van der Waals surface area contributed by atoms with Crippen LogP contribution in [0.3, 0.4) is 0 Å². The molecule has 0 saturated carbocycles. The lowest BCUT2D eigenvalue weighted by atomic mass is 10.1. The summed E-state index contributed by atoms with van der Waals surface area (Å²) in [5.74, 6) is 0. The first-order valence-electron chi connectivity index (χ1n) is 7.17. The van der Waals surface area contributed by atoms with Crippen LogP contribution in [0.4, 0.5) is 10.5 Å². The third-order valence-corrected chi connectivity index (χ3v) is 3.23. The monoisotopic (exact) mass is 262 g/mol. The van der Waals surface area contributed by atoms with Crippen LogP contribution in [0.15, 0.2) is 12.1 Å². The molecular weight excluding hydrogens is 236 g/mol. The Morgan fingerprint density at radius 3 is 2.26 bits per heavy atom. The first kappa shape index (κ1) is 15.5. The number of nitrogens with one attached hydrogen (secondary N) is 2. The van der Waals surface area contributed by atoms with E-state index >= 15 is 0 Å². The molecule has 1 aromatic rings. The van der Waals surface area contributed by atoms with Gasteiger partial charge in [-0.3, -0.25) is 0 Å². The Hall–Kier alpha value is -1.51. The Morgan fingerprint density at radius 2 is 1.68 bits per heavy atom. The topological polar surface area (TPSA) is 41.1 Å². The Labute approximate surface area is 116 Å². The Morgan fingerprint density at radius 1 is 1.05 bits per heavy atom. The number of benzene rings is 1. The molecule has 0 fully saturated rings. The Balaban J connectivity index is 2.44. The minimum atomic E-state index is -0.105. The first-order chi connectivity index (χ1) is 9.04. The van der Waals surface area contributed by atoms with E-state index in [2.05, 4.69) is 36.6 Å². The van der Waals surface area contributed by atoms with Gasteiger partial charge < -0.3 is 10.6 Å². The fraction of sp³-hybridized carbons (Fsp3) is 0.562. The summed E-state index contributed by atoms with van der Waals surface area (Å²) >= 11 is 0. The van der Waals surface area contributed by atoms with Gasteiger partial charge in [0.2, 0.25) is 0 Å². The van der Waals surface area contributed by atoms with Crippen molar-refractivity contribution >= 4 is 11.7 Å². The van der Waals surface area contributed by atoms with Crippen LogP contribution in [0.25, 0.3) is 0 Å². The molecule has 0 unspecified atom stereocenters. The molecule has 0 saturated heterocycles. The second-order valence-electron chi connectivity index (χ2n) is 5.22. The number of hydrogen-bond donors (Lipinski definition) is 2. The van der Waals surface area contributed by atoms with Gasteiger partial charge in [0.25, 0.3) is 0 Å². The maximum absolute atomic E-state index is 11.8. The highest BCUT2D eigenvalue weighted by Gasteiger charge is 2.07. The number of carbonyl (C=O) groups excluding carboxylic acids is 1. The zero-order valence-electron chi connectivity index (χ0n) is 12.6. The average molecular weight is 262 g/mol. The van der Waals surface area contributed by atoms with Crippen LogP contribution in [0.5, 0.6) is 0 Å². The largest absolute Gasteiger partial charge is 0.338 e. The van der Waals surface area contributed by atoms with Crippen molar-refractivity contribution in [3.05, 3.63) is 28.8 Å². The molecule has 0 bridgehead atoms. The van der Waals surface area contributed by atoms with E-state index in [1.807, 2.05) is 13.8 Å². The van der Waals surface area contributed by atoms with Gasteiger partial charge >= 0.3 is 6.03 Å². The van der Waals surface area contributed by atoms with E-state index in [1.165, 1.54) is 24.8 Å². The lowest BCUT2D eigenvalue weighted by molar-refractivity contribution is 0.252. The Kier molecular flexibility index (Phi) is 6.40. The van der Waals surface area contributed by atoms with Crippen LogP contribution in [-0.4, -0.2) is 12.6 Å². The zero-order chi connectivity index (χ0) is 14.3. The van der Waals surface area contributed by atoms with Crippen molar-refractivity contribution in [1.29, 1.82) is 0 Å². The highest BCUT2D eigenvalue weighted by Crippen LogP contribution is 2.21. The van der Waals surface area contributed by atoms with Crippen molar-refractivity contribution in [3.8, 4) is 0 Å². The number of aryl methyl sites for hydroxylation is 3. The standard InChI is InChI=1S/C16H26N2O/c1-5-6-7-8-9-17-16(19)18-15-13(3)10-12(2)11-14(15)4/h10-11H,5-9H2,1-4H3,(H2,17,18,19). The van der Waals surface area contributed by atoms with Gasteiger partial charge in [0, 0.05) is 12.2 Å². The zero-order valence-corrected chi connectivity index (χ0v) is 12.6. The van der Waals surface area contributed by atoms with Crippen molar-refractivity contribution in [2.24, 2.45) is 0 Å². The predicted octanol–water partition coefficient (Wildman–Crippen LogP) is 4.31. The van der Waals surface area contributed by atoms with E-state index in [4.69, 9.17) is 0 Å². The summed E-state index contributed by atoms with van der Waals surface area (Å²) in [6.07, 6.45) is 4.68. The highest BCUT2D eigenvalue weighted by molar-refractivity contribution is 5.91. The van der Waals surface area contributed by atoms with Crippen LogP contribution in [0.2, 0.25) is 0 Å². The molecule has 19 heavy (non-hydrogen) atoms. The van der Waals surface area contributed by atoms with Crippen molar-refractivity contribution in [2.75, 3.05) is 11.9 Å². The molecule has 1 aromatic carbocycles. The average Bonchev–Trinajstić information content (AvgIpc) is 2.33. The normalized spacial score (nSPS) is 10.3. The number of unbranched alkanes of at least 4 members (excludes halogenated alkanes) is 3. The number of carbonyl (C=O) groups is 1. The molecule has 0 radical (unpaired) electrons. The van der Waals surface area contributed by atoms with Gasteiger partial charge in [-0.15, -0.1) is 0 Å². The van der Waals surface area contributed by atoms with E-state index in [0.717, 1.165) is 29.8 Å². The molecule has 0 heterocycles. The molecule has 0 aromatic heterocycles. The molecule has 3 nitrogen and oxygen atoms in total. The van der Waals surface area contributed by atoms with Gasteiger partial charge in [-0.2, -0.15) is 0 Å². The lowest BCUT2D eigenvalue weighted by Crippen LogP contribution is -2.30. The maximum Gasteiger partial charge on any atom is 0.319 e. The van der Waals surface area contributed by atoms with E-state index in [1.54, 1.807) is 0 Å². The lowest BCUT2D eigenvalue weighted by Gasteiger charge is -2.13. The smallest absolute Gasteiger partial charge is 0.319 e. The first-order valence-corrected chi connectivity index (χ1v) is 7.17. The minimum absolute atomic E-state index is 0.105. The molecule has 0 aliphatic carbocycles. The number of anilines is 1. The van der Waals surface area contributed by atoms with Crippen molar-refractivity contribution < 1.29 is 4.79 Å². The second kappa shape index (κ2) is 7.82. The van der Waals surface area contributed by atoms with E-state index in [0.29, 0.717) is 0 Å². The summed E-state index contributed by atoms with van der Waals surface area (Å²) in [7, 11) is 0. The fourth-order valence-electron chi connectivity index (χ4n) is 2.29. The van der Waals surface area contributed by atoms with Gasteiger partial charge in [0.05, 0.1) is 0 Å². The summed E-state index contributed by atoms with van der Waals surface area (Å²) in [6, 6.07) is 4.07. The summed E-state index contributed by atoms with van der Waals surface area (Å²) in [6.45, 7) is 9.05. The van der Waals surface area contributed by atoms with Gasteiger partial charge in [0.1, 0.15) is 0 Å². The minimum Gasteiger partial charge on any atom is -0.338 e. The van der Waals surface area contributed by atoms with E-state index < -0.39 is 0 Å². The van der Waals surface area contributed by atoms with Crippen LogP contribution < -0.4 is 10.6 Å². The third kappa shape index (κ3) is 5.33. The summed E-state index contributed by atoms with van der Waals surface area (Å²) in [5, 5.41) is 5.86. The number of rotatable bonds is 6. The van der Waals surface area contributed by atoms with Gasteiger partial charge in [-0.05, 0) is 38.3 Å². The highest BCUT2D eigenvalue weighted by atomic mass is 16.2. The van der Waals surface area contributed by atoms with Crippen molar-refractivity contribution in [1.82, 2.24) is 5.32 Å². The molecule has 2 N–H and O–H groups in total. The molecule has 3 heteroatoms. The fourth-order valence-corrected chi connectivity index (χ4v) is 2.29. The van der Waals surface area contributed by atoms with E-state index in [-0.39, 0.29) is 6.03 Å². The van der Waals surface area contributed by atoms with Crippen molar-refractivity contribution in [3.63, 3.8) is 0 Å². The van der Waals surface area contributed by atoms with Crippen LogP contribution in [0.1, 0.15) is 49.3 Å². The summed E-state index contributed by atoms with van der Waals surface area (Å²) in [5.41, 5.74) is 4.37. The predicted molar refractivity (Wildman–Crippen MR) is 81.8 cm³/mol.